The van der Waals surface area contributed by atoms with Crippen molar-refractivity contribution in [3.05, 3.63) is 41.7 Å². The fraction of sp³-hybridized carbons (Fsp3) is 0.167. The molecule has 15 heavy (non-hydrogen) atoms. The van der Waals surface area contributed by atoms with Gasteiger partial charge in [-0.15, -0.1) is 0 Å². The van der Waals surface area contributed by atoms with Gasteiger partial charge in [-0.1, -0.05) is 0 Å². The van der Waals surface area contributed by atoms with Crippen LogP contribution in [0, 0.1) is 0 Å². The van der Waals surface area contributed by atoms with E-state index in [2.05, 4.69) is 39.0 Å². The summed E-state index contributed by atoms with van der Waals surface area (Å²) in [7, 11) is 0. The third-order valence-corrected chi connectivity index (χ3v) is 3.53. The first-order valence-electron chi connectivity index (χ1n) is 4.96. The molecule has 1 aromatic carbocycles. The van der Waals surface area contributed by atoms with Gasteiger partial charge in [-0.3, -0.25) is 0 Å². The van der Waals surface area contributed by atoms with Crippen LogP contribution in [0.3, 0.4) is 0 Å². The standard InChI is InChI=1S/C12H9AsN2/c13-8-4-3-7-11-12(8)15-10-6-2-1-5-9(10)14-11/h1-3,5-8H,4H2. The summed E-state index contributed by atoms with van der Waals surface area (Å²) in [6.07, 6.45) is 5.27. The molecule has 0 bridgehead atoms. The Morgan fingerprint density at radius 3 is 2.67 bits per heavy atom. The average Bonchev–Trinajstić information content (AvgIpc) is 2.27. The second-order valence-corrected chi connectivity index (χ2v) is 4.94. The maximum absolute atomic E-state index is 4.67. The van der Waals surface area contributed by atoms with Crippen LogP contribution in [-0.2, 0) is 0 Å². The SMILES string of the molecule is [As]C1CC=Cc2nc3ccccc3nc21. The third kappa shape index (κ3) is 1.49. The fourth-order valence-corrected chi connectivity index (χ4v) is 2.47. The minimum atomic E-state index is 0.426. The Balaban J connectivity index is 2.33. The first-order valence-corrected chi connectivity index (χ1v) is 6.04. The van der Waals surface area contributed by atoms with Gasteiger partial charge in [0.2, 0.25) is 0 Å². The van der Waals surface area contributed by atoms with E-state index in [-0.39, 0.29) is 0 Å². The summed E-state index contributed by atoms with van der Waals surface area (Å²) in [5.74, 6) is 0. The summed E-state index contributed by atoms with van der Waals surface area (Å²) in [4.78, 5) is 9.27. The van der Waals surface area contributed by atoms with Crippen molar-refractivity contribution in [3.8, 4) is 0 Å². The van der Waals surface area contributed by atoms with Crippen molar-refractivity contribution >= 4 is 34.0 Å². The fourth-order valence-electron chi connectivity index (χ4n) is 1.82. The number of rotatable bonds is 0. The molecule has 2 nitrogen and oxygen atoms in total. The molecule has 1 unspecified atom stereocenters. The molecule has 0 aliphatic heterocycles. The summed E-state index contributed by atoms with van der Waals surface area (Å²) in [5, 5.41) is 0. The van der Waals surface area contributed by atoms with E-state index in [0.29, 0.717) is 4.71 Å². The van der Waals surface area contributed by atoms with Crippen LogP contribution in [0.1, 0.15) is 22.5 Å². The Labute approximate surface area is 96.9 Å². The topological polar surface area (TPSA) is 25.8 Å². The number of nitrogens with zero attached hydrogens (tertiary/aromatic N) is 2. The molecule has 0 spiro atoms. The van der Waals surface area contributed by atoms with Gasteiger partial charge < -0.3 is 0 Å². The van der Waals surface area contributed by atoms with Crippen LogP contribution >= 0.6 is 0 Å². The number of para-hydroxylation sites is 2. The van der Waals surface area contributed by atoms with Crippen molar-refractivity contribution in [2.45, 2.75) is 11.1 Å². The Morgan fingerprint density at radius 1 is 1.13 bits per heavy atom. The van der Waals surface area contributed by atoms with E-state index in [1.165, 1.54) is 0 Å². The molecule has 3 heteroatoms. The Morgan fingerprint density at radius 2 is 1.87 bits per heavy atom. The van der Waals surface area contributed by atoms with Gasteiger partial charge >= 0.3 is 96.8 Å². The summed E-state index contributed by atoms with van der Waals surface area (Å²) in [6, 6.07) is 8.02. The van der Waals surface area contributed by atoms with Gasteiger partial charge in [-0.2, -0.15) is 0 Å². The molecule has 1 aliphatic carbocycles. The number of aromatic nitrogens is 2. The molecule has 2 radical (unpaired) electrons. The van der Waals surface area contributed by atoms with E-state index >= 15 is 0 Å². The molecule has 1 aliphatic rings. The molecular formula is C12H9AsN2. The van der Waals surface area contributed by atoms with Crippen LogP contribution in [-0.4, -0.2) is 26.8 Å². The first kappa shape index (κ1) is 9.11. The van der Waals surface area contributed by atoms with Crippen molar-refractivity contribution in [2.24, 2.45) is 0 Å². The van der Waals surface area contributed by atoms with Gasteiger partial charge in [0.05, 0.1) is 0 Å². The molecule has 1 aromatic heterocycles. The molecule has 2 aromatic rings. The molecule has 3 rings (SSSR count). The maximum atomic E-state index is 4.67. The van der Waals surface area contributed by atoms with E-state index < -0.39 is 0 Å². The number of fused-ring (bicyclic) bond motifs is 2. The van der Waals surface area contributed by atoms with Crippen LogP contribution in [0.2, 0.25) is 0 Å². The monoisotopic (exact) mass is 256 g/mol. The van der Waals surface area contributed by atoms with Crippen molar-refractivity contribution in [2.75, 3.05) is 0 Å². The van der Waals surface area contributed by atoms with Crippen LogP contribution < -0.4 is 0 Å². The van der Waals surface area contributed by atoms with E-state index in [0.717, 1.165) is 28.8 Å². The molecule has 0 amide bonds. The molecule has 0 saturated heterocycles. The van der Waals surface area contributed by atoms with Crippen molar-refractivity contribution in [1.29, 1.82) is 0 Å². The van der Waals surface area contributed by atoms with Gasteiger partial charge in [0.25, 0.3) is 0 Å². The van der Waals surface area contributed by atoms with Crippen LogP contribution in [0.25, 0.3) is 17.1 Å². The molecule has 0 fully saturated rings. The zero-order valence-corrected chi connectivity index (χ0v) is 9.97. The second-order valence-electron chi connectivity index (χ2n) is 3.64. The van der Waals surface area contributed by atoms with Gasteiger partial charge in [-0.25, -0.2) is 0 Å². The molecular weight excluding hydrogens is 247 g/mol. The van der Waals surface area contributed by atoms with Gasteiger partial charge in [0, 0.05) is 0 Å². The zero-order valence-electron chi connectivity index (χ0n) is 8.09. The Bertz CT molecular complexity index is 548. The quantitative estimate of drug-likeness (QED) is 0.676. The van der Waals surface area contributed by atoms with Crippen molar-refractivity contribution in [3.63, 3.8) is 0 Å². The van der Waals surface area contributed by atoms with E-state index in [4.69, 9.17) is 0 Å². The molecule has 0 saturated carbocycles. The van der Waals surface area contributed by atoms with E-state index in [1.807, 2.05) is 24.3 Å². The number of allylic oxidation sites excluding steroid dienone is 1. The van der Waals surface area contributed by atoms with Crippen LogP contribution in [0.15, 0.2) is 30.3 Å². The Kier molecular flexibility index (Phi) is 2.10. The Hall–Kier alpha value is -1.14. The molecule has 1 atom stereocenters. The number of benzene rings is 1. The summed E-state index contributed by atoms with van der Waals surface area (Å²) < 4.78 is 0.426. The molecule has 72 valence electrons. The number of hydrogen-bond donors (Lipinski definition) is 0. The summed E-state index contributed by atoms with van der Waals surface area (Å²) >= 11 is 2.67. The predicted octanol–water partition coefficient (Wildman–Crippen LogP) is 2.26. The van der Waals surface area contributed by atoms with Gasteiger partial charge in [0.1, 0.15) is 0 Å². The summed E-state index contributed by atoms with van der Waals surface area (Å²) in [5.41, 5.74) is 4.09. The zero-order chi connectivity index (χ0) is 10.3. The van der Waals surface area contributed by atoms with Gasteiger partial charge in [-0.05, 0) is 0 Å². The predicted molar refractivity (Wildman–Crippen MR) is 61.7 cm³/mol. The van der Waals surface area contributed by atoms with Crippen molar-refractivity contribution < 1.29 is 0 Å². The first-order chi connectivity index (χ1) is 7.34. The minimum absolute atomic E-state index is 0.426. The van der Waals surface area contributed by atoms with Crippen LogP contribution in [0.4, 0.5) is 0 Å². The summed E-state index contributed by atoms with van der Waals surface area (Å²) in [6.45, 7) is 0. The number of hydrogen-bond acceptors (Lipinski definition) is 2. The average molecular weight is 256 g/mol. The van der Waals surface area contributed by atoms with Crippen molar-refractivity contribution in [1.82, 2.24) is 9.97 Å². The normalized spacial score (nSPS) is 19.1. The van der Waals surface area contributed by atoms with Gasteiger partial charge in [0.15, 0.2) is 0 Å². The molecule has 1 heterocycles. The van der Waals surface area contributed by atoms with Crippen LogP contribution in [0.5, 0.6) is 0 Å². The third-order valence-electron chi connectivity index (χ3n) is 2.58. The second kappa shape index (κ2) is 3.46. The van der Waals surface area contributed by atoms with E-state index in [9.17, 15) is 0 Å². The van der Waals surface area contributed by atoms with E-state index in [1.54, 1.807) is 0 Å². The molecule has 0 N–H and O–H groups in total.